The van der Waals surface area contributed by atoms with Crippen molar-refractivity contribution in [1.29, 1.82) is 0 Å². The van der Waals surface area contributed by atoms with E-state index in [9.17, 15) is 0 Å². The van der Waals surface area contributed by atoms with Crippen LogP contribution in [0.1, 0.15) is 122 Å². The van der Waals surface area contributed by atoms with E-state index in [4.69, 9.17) is 0 Å². The van der Waals surface area contributed by atoms with Crippen LogP contribution in [0.5, 0.6) is 0 Å². The molecule has 0 spiro atoms. The molecule has 4 aliphatic rings. The van der Waals surface area contributed by atoms with Gasteiger partial charge in [-0.15, -0.1) is 0 Å². The van der Waals surface area contributed by atoms with Gasteiger partial charge in [0.05, 0.1) is 0 Å². The van der Waals surface area contributed by atoms with Gasteiger partial charge >= 0.3 is 0 Å². The molecule has 4 aliphatic heterocycles. The van der Waals surface area contributed by atoms with Gasteiger partial charge < -0.3 is 4.90 Å². The second-order valence-corrected chi connectivity index (χ2v) is 16.1. The van der Waals surface area contributed by atoms with E-state index in [1.807, 2.05) is 0 Å². The average Bonchev–Trinajstić information content (AvgIpc) is 3.28. The minimum absolute atomic E-state index is 0.362. The molecular formula is C33H71N5. The zero-order chi connectivity index (χ0) is 29.2. The van der Waals surface area contributed by atoms with Crippen LogP contribution < -0.4 is 0 Å². The van der Waals surface area contributed by atoms with Gasteiger partial charge in [0.2, 0.25) is 0 Å². The molecule has 4 heterocycles. The molecule has 0 aromatic carbocycles. The topological polar surface area (TPSA) is 16.2 Å². The summed E-state index contributed by atoms with van der Waals surface area (Å²) in [5.41, 5.74) is 1.61. The third kappa shape index (κ3) is 14.4. The first-order chi connectivity index (χ1) is 17.3. The van der Waals surface area contributed by atoms with Gasteiger partial charge in [-0.1, -0.05) is 6.42 Å². The van der Waals surface area contributed by atoms with E-state index in [0.29, 0.717) is 22.2 Å². The minimum atomic E-state index is 0.362. The largest absolute Gasteiger partial charge is 0.304 e. The Kier molecular flexibility index (Phi) is 14.8. The summed E-state index contributed by atoms with van der Waals surface area (Å²) in [4.78, 5) is 12.6. The van der Waals surface area contributed by atoms with Crippen LogP contribution in [0.4, 0.5) is 0 Å². The first-order valence-electron chi connectivity index (χ1n) is 16.0. The standard InChI is InChI=1S/C9H20N2.C9H19N.C8H17N.C7H15N/c1-9(2,3)11-7-5-10(4)6-8-11;1-9(2,3)10-7-5-4-6-8-10;1-8(2,3)9-6-4-5-7-9;1-7(2,3)8-5-4-6-8/h5-8H2,1-4H3;4-8H2,1-3H3;4-7H2,1-3H3;4-6H2,1-3H3. The van der Waals surface area contributed by atoms with Crippen molar-refractivity contribution >= 4 is 0 Å². The predicted octanol–water partition coefficient (Wildman–Crippen LogP) is 6.67. The molecule has 0 aliphatic carbocycles. The van der Waals surface area contributed by atoms with E-state index in [2.05, 4.69) is 115 Å². The summed E-state index contributed by atoms with van der Waals surface area (Å²) < 4.78 is 0. The molecule has 5 heteroatoms. The van der Waals surface area contributed by atoms with Crippen molar-refractivity contribution in [3.63, 3.8) is 0 Å². The average molecular weight is 538 g/mol. The minimum Gasteiger partial charge on any atom is -0.304 e. The Hall–Kier alpha value is -0.200. The van der Waals surface area contributed by atoms with E-state index >= 15 is 0 Å². The Morgan fingerprint density at radius 3 is 0.737 bits per heavy atom. The molecule has 0 atom stereocenters. The van der Waals surface area contributed by atoms with Crippen LogP contribution >= 0.6 is 0 Å². The molecule has 0 radical (unpaired) electrons. The molecule has 0 amide bonds. The van der Waals surface area contributed by atoms with Crippen molar-refractivity contribution in [1.82, 2.24) is 24.5 Å². The molecule has 0 aromatic rings. The van der Waals surface area contributed by atoms with Crippen molar-refractivity contribution in [2.24, 2.45) is 0 Å². The van der Waals surface area contributed by atoms with Gasteiger partial charge in [0, 0.05) is 48.3 Å². The highest BCUT2D eigenvalue weighted by atomic mass is 15.3. The van der Waals surface area contributed by atoms with Crippen LogP contribution in [0, 0.1) is 0 Å². The van der Waals surface area contributed by atoms with Gasteiger partial charge in [0.1, 0.15) is 0 Å². The van der Waals surface area contributed by atoms with Gasteiger partial charge in [-0.3, -0.25) is 19.6 Å². The third-order valence-corrected chi connectivity index (χ3v) is 8.62. The lowest BCUT2D eigenvalue weighted by atomic mass is 10.0. The first kappa shape index (κ1) is 35.8. The molecule has 5 nitrogen and oxygen atoms in total. The number of hydrogen-bond donors (Lipinski definition) is 0. The van der Waals surface area contributed by atoms with E-state index in [-0.39, 0.29) is 0 Å². The zero-order valence-electron chi connectivity index (χ0n) is 28.5. The highest BCUT2D eigenvalue weighted by molar-refractivity contribution is 4.83. The van der Waals surface area contributed by atoms with Gasteiger partial charge in [-0.25, -0.2) is 0 Å². The fourth-order valence-corrected chi connectivity index (χ4v) is 5.42. The Bertz CT molecular complexity index is 595. The number of hydrogen-bond acceptors (Lipinski definition) is 5. The number of rotatable bonds is 0. The molecule has 0 aromatic heterocycles. The summed E-state index contributed by atoms with van der Waals surface area (Å²) in [5, 5.41) is 0. The van der Waals surface area contributed by atoms with Gasteiger partial charge in [0.15, 0.2) is 0 Å². The quantitative estimate of drug-likeness (QED) is 0.342. The van der Waals surface area contributed by atoms with Crippen LogP contribution in [0.25, 0.3) is 0 Å². The van der Waals surface area contributed by atoms with E-state index in [0.717, 1.165) is 0 Å². The maximum atomic E-state index is 2.58. The van der Waals surface area contributed by atoms with E-state index < -0.39 is 0 Å². The van der Waals surface area contributed by atoms with Crippen molar-refractivity contribution in [2.45, 2.75) is 144 Å². The van der Waals surface area contributed by atoms with Crippen molar-refractivity contribution in [2.75, 3.05) is 72.5 Å². The molecule has 4 fully saturated rings. The Labute approximate surface area is 240 Å². The monoisotopic (exact) mass is 538 g/mol. The van der Waals surface area contributed by atoms with E-state index in [1.165, 1.54) is 104 Å². The molecule has 228 valence electrons. The Morgan fingerprint density at radius 2 is 0.526 bits per heavy atom. The molecular weight excluding hydrogens is 466 g/mol. The molecule has 0 bridgehead atoms. The maximum Gasteiger partial charge on any atom is 0.0126 e. The smallest absolute Gasteiger partial charge is 0.0126 e. The number of likely N-dealkylation sites (N-methyl/N-ethyl adjacent to an activating group) is 1. The predicted molar refractivity (Wildman–Crippen MR) is 171 cm³/mol. The Morgan fingerprint density at radius 1 is 0.289 bits per heavy atom. The third-order valence-electron chi connectivity index (χ3n) is 8.62. The summed E-state index contributed by atoms with van der Waals surface area (Å²) in [6, 6.07) is 0. The lowest BCUT2D eigenvalue weighted by molar-refractivity contribution is 0.0690. The second kappa shape index (κ2) is 15.7. The summed E-state index contributed by atoms with van der Waals surface area (Å²) in [5.74, 6) is 0. The summed E-state index contributed by atoms with van der Waals surface area (Å²) >= 11 is 0. The zero-order valence-corrected chi connectivity index (χ0v) is 28.5. The molecule has 0 N–H and O–H groups in total. The molecule has 4 saturated heterocycles. The van der Waals surface area contributed by atoms with Crippen LogP contribution in [0.3, 0.4) is 0 Å². The lowest BCUT2D eigenvalue weighted by Crippen LogP contribution is -2.52. The van der Waals surface area contributed by atoms with E-state index in [1.54, 1.807) is 0 Å². The highest BCUT2D eigenvalue weighted by Gasteiger charge is 2.26. The maximum absolute atomic E-state index is 2.58. The molecule has 38 heavy (non-hydrogen) atoms. The normalized spacial score (nSPS) is 23.3. The molecule has 0 unspecified atom stereocenters. The van der Waals surface area contributed by atoms with Crippen molar-refractivity contribution in [3.05, 3.63) is 0 Å². The Balaban J connectivity index is 0.000000255. The number of piperidine rings is 1. The van der Waals surface area contributed by atoms with Gasteiger partial charge in [0.25, 0.3) is 0 Å². The number of nitrogens with zero attached hydrogens (tertiary/aromatic N) is 5. The van der Waals surface area contributed by atoms with Gasteiger partial charge in [-0.2, -0.15) is 0 Å². The fraction of sp³-hybridized carbons (Fsp3) is 1.00. The van der Waals surface area contributed by atoms with Crippen LogP contribution in [0.2, 0.25) is 0 Å². The number of piperazine rings is 1. The van der Waals surface area contributed by atoms with Crippen molar-refractivity contribution < 1.29 is 0 Å². The molecule has 0 saturated carbocycles. The second-order valence-electron chi connectivity index (χ2n) is 16.1. The fourth-order valence-electron chi connectivity index (χ4n) is 5.42. The highest BCUT2D eigenvalue weighted by Crippen LogP contribution is 2.21. The lowest BCUT2D eigenvalue weighted by Gasteiger charge is -2.42. The number of likely N-dealkylation sites (tertiary alicyclic amines) is 3. The summed E-state index contributed by atoms with van der Waals surface area (Å²) in [6.45, 7) is 40.2. The van der Waals surface area contributed by atoms with Crippen LogP contribution in [0.15, 0.2) is 0 Å². The summed E-state index contributed by atoms with van der Waals surface area (Å²) in [6.07, 6.45) is 8.44. The molecule has 4 rings (SSSR count). The van der Waals surface area contributed by atoms with Crippen LogP contribution in [-0.4, -0.2) is 119 Å². The van der Waals surface area contributed by atoms with Crippen molar-refractivity contribution in [3.8, 4) is 0 Å². The SMILES string of the molecule is CC(C)(C)N1CCC1.CC(C)(C)N1CCCC1.CC(C)(C)N1CCCCC1.CN1CCN(C(C)(C)C)CC1. The summed E-state index contributed by atoms with van der Waals surface area (Å²) in [7, 11) is 2.19. The van der Waals surface area contributed by atoms with Crippen LogP contribution in [-0.2, 0) is 0 Å². The first-order valence-corrected chi connectivity index (χ1v) is 16.0. The van der Waals surface area contributed by atoms with Gasteiger partial charge in [-0.05, 0) is 162 Å².